The topological polar surface area (TPSA) is 26.3 Å². The van der Waals surface area contributed by atoms with Gasteiger partial charge in [0.05, 0.1) is 0 Å². The van der Waals surface area contributed by atoms with Gasteiger partial charge in [0.15, 0.2) is 0 Å². The van der Waals surface area contributed by atoms with Crippen LogP contribution in [0, 0.1) is 0 Å². The molecule has 2 heterocycles. The molecule has 0 radical (unpaired) electrons. The van der Waals surface area contributed by atoms with Gasteiger partial charge in [-0.05, 0) is 94.8 Å². The highest BCUT2D eigenvalue weighted by Gasteiger charge is 2.15. The Morgan fingerprint density at radius 1 is 0.381 bits per heavy atom. The molecule has 214 valence electrons. The molecule has 2 heteroatoms. The summed E-state index contributed by atoms with van der Waals surface area (Å²) in [7, 11) is 0. The zero-order chi connectivity index (χ0) is 28.5. The first-order chi connectivity index (χ1) is 20.7. The fourth-order valence-electron chi connectivity index (χ4n) is 6.78. The van der Waals surface area contributed by atoms with Crippen LogP contribution < -0.4 is 0 Å². The molecule has 0 fully saturated rings. The predicted molar refractivity (Wildman–Crippen MR) is 181 cm³/mol. The summed E-state index contributed by atoms with van der Waals surface area (Å²) in [5.74, 6) is 0. The Hall–Kier alpha value is -3.78. The molecule has 42 heavy (non-hydrogen) atoms. The second kappa shape index (κ2) is 11.8. The Morgan fingerprint density at radius 2 is 0.810 bits per heavy atom. The third-order valence-electron chi connectivity index (χ3n) is 9.25. The fourth-order valence-corrected chi connectivity index (χ4v) is 6.78. The Labute approximate surface area is 248 Å². The second-order valence-electron chi connectivity index (χ2n) is 12.4. The molecule has 2 aromatic heterocycles. The van der Waals surface area contributed by atoms with Crippen molar-refractivity contribution in [2.45, 2.75) is 90.9 Å². The second-order valence-corrected chi connectivity index (χ2v) is 12.4. The first-order valence-electron chi connectivity index (χ1n) is 16.4. The van der Waals surface area contributed by atoms with Crippen molar-refractivity contribution in [3.8, 4) is 0 Å². The number of rotatable bonds is 12. The number of unbranched alkanes of at least 4 members (excludes halogenated alkanes) is 8. The number of fused-ring (bicyclic) bond motifs is 8. The molecular formula is C40H42O2. The predicted octanol–water partition coefficient (Wildman–Crippen LogP) is 12.8. The van der Waals surface area contributed by atoms with Crippen LogP contribution in [-0.4, -0.2) is 0 Å². The van der Waals surface area contributed by atoms with Crippen LogP contribution in [0.3, 0.4) is 0 Å². The molecule has 5 aromatic carbocycles. The van der Waals surface area contributed by atoms with Crippen molar-refractivity contribution in [1.82, 2.24) is 0 Å². The SMILES string of the molecule is CCCCCCCCCCc1ccc2cc3c(cc2c1)oc1cc2c(cc13)oc1cc3cc(CCCC)ccc3cc12. The monoisotopic (exact) mass is 554 g/mol. The van der Waals surface area contributed by atoms with E-state index >= 15 is 0 Å². The molecule has 0 spiro atoms. The van der Waals surface area contributed by atoms with Crippen LogP contribution >= 0.6 is 0 Å². The molecule has 0 unspecified atom stereocenters. The van der Waals surface area contributed by atoms with E-state index in [1.165, 1.54) is 96.9 Å². The molecule has 7 aromatic rings. The molecule has 0 bridgehead atoms. The number of hydrogen-bond donors (Lipinski definition) is 0. The third-order valence-corrected chi connectivity index (χ3v) is 9.25. The van der Waals surface area contributed by atoms with Crippen molar-refractivity contribution in [3.63, 3.8) is 0 Å². The van der Waals surface area contributed by atoms with Crippen LogP contribution in [0.4, 0.5) is 0 Å². The smallest absolute Gasteiger partial charge is 0.136 e. The van der Waals surface area contributed by atoms with Gasteiger partial charge in [0.1, 0.15) is 22.3 Å². The maximum atomic E-state index is 6.48. The lowest BCUT2D eigenvalue weighted by atomic mass is 9.99. The zero-order valence-corrected chi connectivity index (χ0v) is 25.2. The summed E-state index contributed by atoms with van der Waals surface area (Å²) in [6.07, 6.45) is 15.6. The molecule has 0 amide bonds. The minimum absolute atomic E-state index is 0.919. The van der Waals surface area contributed by atoms with E-state index < -0.39 is 0 Å². The summed E-state index contributed by atoms with van der Waals surface area (Å²) < 4.78 is 12.9. The average molecular weight is 555 g/mol. The van der Waals surface area contributed by atoms with E-state index in [2.05, 4.69) is 86.6 Å². The third kappa shape index (κ3) is 5.28. The van der Waals surface area contributed by atoms with Gasteiger partial charge in [0.2, 0.25) is 0 Å². The Balaban J connectivity index is 1.17. The lowest BCUT2D eigenvalue weighted by Gasteiger charge is -2.05. The Kier molecular flexibility index (Phi) is 7.63. The minimum atomic E-state index is 0.919. The molecule has 0 aliphatic heterocycles. The van der Waals surface area contributed by atoms with Crippen molar-refractivity contribution in [2.75, 3.05) is 0 Å². The Morgan fingerprint density at radius 3 is 1.33 bits per heavy atom. The van der Waals surface area contributed by atoms with Crippen molar-refractivity contribution < 1.29 is 8.83 Å². The Bertz CT molecular complexity index is 2020. The number of benzene rings is 5. The summed E-state index contributed by atoms with van der Waals surface area (Å²) in [5.41, 5.74) is 6.56. The van der Waals surface area contributed by atoms with Crippen LogP contribution in [0.5, 0.6) is 0 Å². The van der Waals surface area contributed by atoms with Gasteiger partial charge >= 0.3 is 0 Å². The van der Waals surface area contributed by atoms with E-state index in [4.69, 9.17) is 8.83 Å². The summed E-state index contributed by atoms with van der Waals surface area (Å²) in [6, 6.07) is 27.2. The first-order valence-corrected chi connectivity index (χ1v) is 16.4. The van der Waals surface area contributed by atoms with Crippen molar-refractivity contribution in [2.24, 2.45) is 0 Å². The van der Waals surface area contributed by atoms with Crippen LogP contribution in [0.1, 0.15) is 89.2 Å². The van der Waals surface area contributed by atoms with Crippen molar-refractivity contribution >= 4 is 65.4 Å². The van der Waals surface area contributed by atoms with Gasteiger partial charge in [0.25, 0.3) is 0 Å². The lowest BCUT2D eigenvalue weighted by molar-refractivity contribution is 0.575. The first kappa shape index (κ1) is 27.1. The van der Waals surface area contributed by atoms with Gasteiger partial charge in [0, 0.05) is 21.5 Å². The van der Waals surface area contributed by atoms with Gasteiger partial charge in [-0.1, -0.05) is 102 Å². The molecule has 0 aliphatic carbocycles. The minimum Gasteiger partial charge on any atom is -0.456 e. The van der Waals surface area contributed by atoms with Crippen LogP contribution in [0.25, 0.3) is 65.4 Å². The fraction of sp³-hybridized carbons (Fsp3) is 0.350. The highest BCUT2D eigenvalue weighted by Crippen LogP contribution is 2.39. The van der Waals surface area contributed by atoms with Crippen LogP contribution in [0.15, 0.2) is 81.6 Å². The molecule has 0 atom stereocenters. The number of hydrogen-bond acceptors (Lipinski definition) is 2. The molecular weight excluding hydrogens is 512 g/mol. The maximum absolute atomic E-state index is 6.48. The van der Waals surface area contributed by atoms with Crippen LogP contribution in [0.2, 0.25) is 0 Å². The highest BCUT2D eigenvalue weighted by atomic mass is 16.3. The van der Waals surface area contributed by atoms with Gasteiger partial charge in [-0.15, -0.1) is 0 Å². The summed E-state index contributed by atoms with van der Waals surface area (Å²) in [4.78, 5) is 0. The number of aryl methyl sites for hydroxylation is 2. The molecule has 7 rings (SSSR count). The quantitative estimate of drug-likeness (QED) is 0.140. The molecule has 0 saturated heterocycles. The van der Waals surface area contributed by atoms with Crippen molar-refractivity contribution in [3.05, 3.63) is 83.9 Å². The van der Waals surface area contributed by atoms with E-state index in [-0.39, 0.29) is 0 Å². The van der Waals surface area contributed by atoms with Crippen molar-refractivity contribution in [1.29, 1.82) is 0 Å². The molecule has 0 aliphatic rings. The number of furan rings is 2. The molecule has 0 N–H and O–H groups in total. The van der Waals surface area contributed by atoms with E-state index in [1.54, 1.807) is 0 Å². The van der Waals surface area contributed by atoms with E-state index in [9.17, 15) is 0 Å². The molecule has 0 saturated carbocycles. The van der Waals surface area contributed by atoms with E-state index in [1.807, 2.05) is 0 Å². The van der Waals surface area contributed by atoms with Gasteiger partial charge in [-0.2, -0.15) is 0 Å². The average Bonchev–Trinajstić information content (AvgIpc) is 3.53. The van der Waals surface area contributed by atoms with Crippen LogP contribution in [-0.2, 0) is 12.8 Å². The normalized spacial score (nSPS) is 12.2. The van der Waals surface area contributed by atoms with Gasteiger partial charge in [-0.3, -0.25) is 0 Å². The van der Waals surface area contributed by atoms with E-state index in [0.29, 0.717) is 0 Å². The summed E-state index contributed by atoms with van der Waals surface area (Å²) in [5, 5.41) is 9.57. The lowest BCUT2D eigenvalue weighted by Crippen LogP contribution is -1.87. The van der Waals surface area contributed by atoms with E-state index in [0.717, 1.165) is 56.7 Å². The van der Waals surface area contributed by atoms with Gasteiger partial charge < -0.3 is 8.83 Å². The summed E-state index contributed by atoms with van der Waals surface area (Å²) in [6.45, 7) is 4.53. The van der Waals surface area contributed by atoms with Gasteiger partial charge in [-0.25, -0.2) is 0 Å². The zero-order valence-electron chi connectivity index (χ0n) is 25.2. The highest BCUT2D eigenvalue weighted by molar-refractivity contribution is 6.18. The largest absolute Gasteiger partial charge is 0.456 e. The maximum Gasteiger partial charge on any atom is 0.136 e. The standard InChI is InChI=1S/C40H42O2/c1-3-5-7-8-9-10-11-12-14-28-16-18-30-22-34-36-26-39-35(25-40(36)42-38(34)24-32(30)20-28)33-21-29-17-15-27(13-6-4-2)19-31(29)23-37(33)41-39/h15-26H,3-14H2,1-2H3. The summed E-state index contributed by atoms with van der Waals surface area (Å²) >= 11 is 0. The molecule has 2 nitrogen and oxygen atoms in total.